The van der Waals surface area contributed by atoms with Gasteiger partial charge in [-0.2, -0.15) is 0 Å². The van der Waals surface area contributed by atoms with Crippen LogP contribution in [0.3, 0.4) is 0 Å². The molecule has 0 amide bonds. The Morgan fingerprint density at radius 2 is 1.42 bits per heavy atom. The zero-order valence-electron chi connectivity index (χ0n) is 8.08. The van der Waals surface area contributed by atoms with Crippen LogP contribution in [0, 0.1) is 6.04 Å². The van der Waals surface area contributed by atoms with E-state index < -0.39 is 0 Å². The van der Waals surface area contributed by atoms with Gasteiger partial charge in [0.1, 0.15) is 0 Å². The van der Waals surface area contributed by atoms with Crippen LogP contribution in [0.1, 0.15) is 26.7 Å². The van der Waals surface area contributed by atoms with Gasteiger partial charge in [-0.3, -0.25) is 4.90 Å². The molecular weight excluding hydrogens is 154 g/mol. The molecule has 0 fully saturated rings. The molecule has 0 aromatic rings. The molecule has 0 saturated heterocycles. The van der Waals surface area contributed by atoms with E-state index in [9.17, 15) is 0 Å². The van der Waals surface area contributed by atoms with Crippen molar-refractivity contribution >= 4 is 0 Å². The largest absolute Gasteiger partial charge is 0.395 e. The summed E-state index contributed by atoms with van der Waals surface area (Å²) in [6.07, 6.45) is 1.99. The second-order valence-corrected chi connectivity index (χ2v) is 2.71. The van der Waals surface area contributed by atoms with Gasteiger partial charge >= 0.3 is 0 Å². The lowest BCUT2D eigenvalue weighted by molar-refractivity contribution is 0.159. The predicted octanol–water partition coefficient (Wildman–Crippen LogP) is 0.625. The molecule has 0 aliphatic carbocycles. The lowest BCUT2D eigenvalue weighted by Gasteiger charge is -2.27. The van der Waals surface area contributed by atoms with E-state index >= 15 is 0 Å². The molecule has 0 heterocycles. The van der Waals surface area contributed by atoms with Gasteiger partial charge in [-0.15, -0.1) is 0 Å². The van der Waals surface area contributed by atoms with Crippen molar-refractivity contribution in [3.8, 4) is 0 Å². The summed E-state index contributed by atoms with van der Waals surface area (Å²) in [5, 5.41) is 17.5. The summed E-state index contributed by atoms with van der Waals surface area (Å²) in [6, 6.07) is 1.30. The first-order valence-electron chi connectivity index (χ1n) is 4.61. The fourth-order valence-corrected chi connectivity index (χ4v) is 1.37. The van der Waals surface area contributed by atoms with Crippen molar-refractivity contribution in [1.82, 2.24) is 4.90 Å². The van der Waals surface area contributed by atoms with E-state index in [1.54, 1.807) is 0 Å². The Hall–Kier alpha value is -0.120. The van der Waals surface area contributed by atoms with Crippen molar-refractivity contribution in [2.75, 3.05) is 26.3 Å². The molecule has 0 bridgehead atoms. The quantitative estimate of drug-likeness (QED) is 0.595. The molecule has 3 heteroatoms. The molecule has 12 heavy (non-hydrogen) atoms. The van der Waals surface area contributed by atoms with Crippen molar-refractivity contribution in [2.24, 2.45) is 0 Å². The summed E-state index contributed by atoms with van der Waals surface area (Å²) in [4.78, 5) is 2.06. The topological polar surface area (TPSA) is 43.7 Å². The molecule has 0 aromatic heterocycles. The molecule has 0 aromatic carbocycles. The first-order chi connectivity index (χ1) is 5.79. The highest BCUT2D eigenvalue weighted by molar-refractivity contribution is 4.86. The number of aliphatic hydroxyl groups is 2. The van der Waals surface area contributed by atoms with Crippen LogP contribution >= 0.6 is 0 Å². The third-order valence-electron chi connectivity index (χ3n) is 2.00. The Balaban J connectivity index is 3.86. The molecule has 0 rings (SSSR count). The van der Waals surface area contributed by atoms with Gasteiger partial charge in [0, 0.05) is 19.1 Å². The van der Waals surface area contributed by atoms with Crippen LogP contribution < -0.4 is 0 Å². The third-order valence-corrected chi connectivity index (χ3v) is 2.00. The van der Waals surface area contributed by atoms with E-state index in [0.717, 1.165) is 12.8 Å². The van der Waals surface area contributed by atoms with Gasteiger partial charge in [0.15, 0.2) is 0 Å². The predicted molar refractivity (Wildman–Crippen MR) is 49.6 cm³/mol. The highest BCUT2D eigenvalue weighted by atomic mass is 16.3. The van der Waals surface area contributed by atoms with Crippen molar-refractivity contribution in [2.45, 2.75) is 26.7 Å². The van der Waals surface area contributed by atoms with Gasteiger partial charge in [-0.1, -0.05) is 13.8 Å². The Labute approximate surface area is 75.0 Å². The van der Waals surface area contributed by atoms with Crippen LogP contribution in [0.5, 0.6) is 0 Å². The fraction of sp³-hybridized carbons (Fsp3) is 0.889. The summed E-state index contributed by atoms with van der Waals surface area (Å²) < 4.78 is 0. The molecule has 0 atom stereocenters. The Morgan fingerprint density at radius 3 is 1.67 bits per heavy atom. The van der Waals surface area contributed by atoms with E-state index in [1.165, 1.54) is 6.04 Å². The summed E-state index contributed by atoms with van der Waals surface area (Å²) in [7, 11) is 0. The summed E-state index contributed by atoms with van der Waals surface area (Å²) in [5.74, 6) is 0. The van der Waals surface area contributed by atoms with Crippen LogP contribution in [0.4, 0.5) is 0 Å². The molecule has 73 valence electrons. The molecule has 0 aliphatic heterocycles. The summed E-state index contributed by atoms with van der Waals surface area (Å²) in [6.45, 7) is 5.78. The molecule has 0 unspecified atom stereocenters. The molecule has 1 radical (unpaired) electrons. The first kappa shape index (κ1) is 11.9. The Morgan fingerprint density at radius 1 is 1.00 bits per heavy atom. The van der Waals surface area contributed by atoms with Gasteiger partial charge in [0.25, 0.3) is 0 Å². The second kappa shape index (κ2) is 7.53. The number of rotatable bonds is 7. The Bertz CT molecular complexity index is 88.5. The summed E-state index contributed by atoms with van der Waals surface area (Å²) >= 11 is 0. The molecule has 0 saturated carbocycles. The minimum atomic E-state index is 0.156. The monoisotopic (exact) mass is 174 g/mol. The highest BCUT2D eigenvalue weighted by Crippen LogP contribution is 2.15. The van der Waals surface area contributed by atoms with Crippen molar-refractivity contribution in [3.63, 3.8) is 0 Å². The van der Waals surface area contributed by atoms with E-state index in [-0.39, 0.29) is 13.2 Å². The second-order valence-electron chi connectivity index (χ2n) is 2.71. The molecular formula is C9H20NO2. The third kappa shape index (κ3) is 4.04. The Kier molecular flexibility index (Phi) is 7.45. The van der Waals surface area contributed by atoms with Gasteiger partial charge in [0.2, 0.25) is 0 Å². The minimum absolute atomic E-state index is 0.156. The zero-order valence-corrected chi connectivity index (χ0v) is 8.08. The van der Waals surface area contributed by atoms with Crippen molar-refractivity contribution in [1.29, 1.82) is 0 Å². The van der Waals surface area contributed by atoms with Crippen molar-refractivity contribution in [3.05, 3.63) is 6.04 Å². The SMILES string of the molecule is CC[C](CC)N(CCO)CCO. The maximum atomic E-state index is 8.77. The molecule has 2 N–H and O–H groups in total. The van der Waals surface area contributed by atoms with Gasteiger partial charge < -0.3 is 10.2 Å². The van der Waals surface area contributed by atoms with Crippen LogP contribution in [0.2, 0.25) is 0 Å². The van der Waals surface area contributed by atoms with E-state index in [1.807, 2.05) is 0 Å². The summed E-state index contributed by atoms with van der Waals surface area (Å²) in [5.41, 5.74) is 0. The highest BCUT2D eigenvalue weighted by Gasteiger charge is 2.13. The van der Waals surface area contributed by atoms with Crippen LogP contribution in [0.15, 0.2) is 0 Å². The first-order valence-corrected chi connectivity index (χ1v) is 4.61. The van der Waals surface area contributed by atoms with Crippen LogP contribution in [0.25, 0.3) is 0 Å². The minimum Gasteiger partial charge on any atom is -0.395 e. The zero-order chi connectivity index (χ0) is 9.40. The van der Waals surface area contributed by atoms with E-state index in [0.29, 0.717) is 13.1 Å². The smallest absolute Gasteiger partial charge is 0.0558 e. The van der Waals surface area contributed by atoms with Gasteiger partial charge in [-0.05, 0) is 12.8 Å². The van der Waals surface area contributed by atoms with Crippen LogP contribution in [-0.2, 0) is 0 Å². The fourth-order valence-electron chi connectivity index (χ4n) is 1.37. The molecule has 0 aliphatic rings. The normalized spacial score (nSPS) is 11.5. The van der Waals surface area contributed by atoms with Crippen LogP contribution in [-0.4, -0.2) is 41.4 Å². The molecule has 3 nitrogen and oxygen atoms in total. The number of hydrogen-bond acceptors (Lipinski definition) is 3. The molecule has 0 spiro atoms. The van der Waals surface area contributed by atoms with Gasteiger partial charge in [0.05, 0.1) is 13.2 Å². The lowest BCUT2D eigenvalue weighted by atomic mass is 10.1. The van der Waals surface area contributed by atoms with E-state index in [4.69, 9.17) is 10.2 Å². The number of aliphatic hydroxyl groups excluding tert-OH is 2. The number of hydrogen-bond donors (Lipinski definition) is 2. The van der Waals surface area contributed by atoms with Crippen molar-refractivity contribution < 1.29 is 10.2 Å². The average molecular weight is 174 g/mol. The lowest BCUT2D eigenvalue weighted by Crippen LogP contribution is -2.33. The number of nitrogens with zero attached hydrogens (tertiary/aromatic N) is 1. The maximum absolute atomic E-state index is 8.77. The standard InChI is InChI=1S/C9H20NO2/c1-3-9(4-2)10(5-7-11)6-8-12/h11-12H,3-8H2,1-2H3. The van der Waals surface area contributed by atoms with Gasteiger partial charge in [-0.25, -0.2) is 0 Å². The average Bonchev–Trinajstić information content (AvgIpc) is 2.07. The van der Waals surface area contributed by atoms with E-state index in [2.05, 4.69) is 18.7 Å². The maximum Gasteiger partial charge on any atom is 0.0558 e.